The Bertz CT molecular complexity index is 1410. The van der Waals surface area contributed by atoms with Crippen molar-refractivity contribution >= 4 is 17.0 Å². The minimum absolute atomic E-state index is 0. The zero-order valence-electron chi connectivity index (χ0n) is 32.1. The molecule has 3 aromatic rings. The third-order valence-corrected chi connectivity index (χ3v) is 14.0. The SMILES string of the molecule is COC1C(c2ccccc2)CC2C(CC3C(C)CC4C(c5ccccc5)CC(C(C)(C)C)CC34)C(C)CC2C1c1ccccc1.[CH3-].[CH3-].[Cl][Zr+2][Cl]. The van der Waals surface area contributed by atoms with Crippen LogP contribution in [0.4, 0.5) is 0 Å². The second-order valence-corrected chi connectivity index (χ2v) is 20.9. The van der Waals surface area contributed by atoms with E-state index in [-0.39, 0.29) is 21.0 Å². The molecule has 0 N–H and O–H groups in total. The third kappa shape index (κ3) is 8.72. The van der Waals surface area contributed by atoms with Gasteiger partial charge in [-0.1, -0.05) is 126 Å². The Balaban J connectivity index is 0.00000109. The first-order valence-corrected chi connectivity index (χ1v) is 25.1. The summed E-state index contributed by atoms with van der Waals surface area (Å²) < 4.78 is 6.52. The third-order valence-electron chi connectivity index (χ3n) is 14.0. The van der Waals surface area contributed by atoms with Crippen molar-refractivity contribution in [2.75, 3.05) is 7.11 Å². The fourth-order valence-electron chi connectivity index (χ4n) is 11.8. The summed E-state index contributed by atoms with van der Waals surface area (Å²) in [5.74, 6) is 8.86. The van der Waals surface area contributed by atoms with Gasteiger partial charge in [0.15, 0.2) is 0 Å². The Hall–Kier alpha value is -0.917. The van der Waals surface area contributed by atoms with Crippen LogP contribution in [0.25, 0.3) is 0 Å². The van der Waals surface area contributed by atoms with Crippen molar-refractivity contribution in [2.45, 2.75) is 97.0 Å². The normalized spacial score (nSPS) is 36.0. The Morgan fingerprint density at radius 1 is 0.600 bits per heavy atom. The van der Waals surface area contributed by atoms with E-state index in [2.05, 4.69) is 126 Å². The minimum atomic E-state index is -0.826. The molecule has 0 saturated heterocycles. The van der Waals surface area contributed by atoms with E-state index in [0.717, 1.165) is 53.3 Å². The summed E-state index contributed by atoms with van der Waals surface area (Å²) in [5, 5.41) is 0. The van der Waals surface area contributed by atoms with Gasteiger partial charge in [-0.15, -0.1) is 0 Å². The standard InChI is InChI=1S/C44H58O.2CH3.2ClH.Zr/c1-28-22-38-36(30-16-10-7-11-17-30)24-33(44(3,4)5)25-39(38)34(28)26-35-29(2)23-41-40(35)27-37(31-18-12-8-13-19-31)43(45-6)42(41)32-20-14-9-15-21-32;;;;;/h7-21,28-29,33-43H,22-27H2,1-6H3;2*1H3;2*1H;/q;2*-1;;;+4/p-2. The first-order valence-electron chi connectivity index (χ1n) is 18.8. The summed E-state index contributed by atoms with van der Waals surface area (Å²) in [5.41, 5.74) is 4.94. The molecule has 4 fully saturated rings. The van der Waals surface area contributed by atoms with Gasteiger partial charge in [-0.2, -0.15) is 0 Å². The van der Waals surface area contributed by atoms with Crippen molar-refractivity contribution < 1.29 is 25.6 Å². The maximum absolute atomic E-state index is 6.52. The zero-order chi connectivity index (χ0) is 34.0. The number of halogens is 2. The molecule has 0 bridgehead atoms. The molecule has 7 rings (SSSR count). The van der Waals surface area contributed by atoms with Gasteiger partial charge >= 0.3 is 37.9 Å². The Morgan fingerprint density at radius 3 is 1.52 bits per heavy atom. The Kier molecular flexibility index (Phi) is 15.4. The summed E-state index contributed by atoms with van der Waals surface area (Å²) in [6.07, 6.45) is 8.52. The molecular weight excluding hydrogens is 731 g/mol. The first-order chi connectivity index (χ1) is 23.2. The van der Waals surface area contributed by atoms with Crippen LogP contribution < -0.4 is 0 Å². The fourth-order valence-corrected chi connectivity index (χ4v) is 11.8. The number of methoxy groups -OCH3 is 1. The Morgan fingerprint density at radius 2 is 1.04 bits per heavy atom. The maximum atomic E-state index is 6.52. The van der Waals surface area contributed by atoms with E-state index in [0.29, 0.717) is 23.2 Å². The van der Waals surface area contributed by atoms with Crippen molar-refractivity contribution in [1.29, 1.82) is 0 Å². The number of benzene rings is 3. The molecule has 3 aromatic carbocycles. The van der Waals surface area contributed by atoms with Crippen LogP contribution in [0.3, 0.4) is 0 Å². The van der Waals surface area contributed by atoms with E-state index in [1.54, 1.807) is 5.56 Å². The van der Waals surface area contributed by atoms with Crippen molar-refractivity contribution in [2.24, 2.45) is 58.7 Å². The Labute approximate surface area is 325 Å². The van der Waals surface area contributed by atoms with E-state index in [9.17, 15) is 0 Å². The van der Waals surface area contributed by atoms with E-state index in [4.69, 9.17) is 21.8 Å². The van der Waals surface area contributed by atoms with Gasteiger partial charge < -0.3 is 19.6 Å². The second kappa shape index (κ2) is 18.4. The van der Waals surface area contributed by atoms with Crippen molar-refractivity contribution in [3.63, 3.8) is 0 Å². The van der Waals surface area contributed by atoms with Crippen LogP contribution in [0.15, 0.2) is 91.0 Å². The number of hydrogen-bond acceptors (Lipinski definition) is 1. The monoisotopic (exact) mass is 792 g/mol. The predicted octanol–water partition coefficient (Wildman–Crippen LogP) is 13.7. The van der Waals surface area contributed by atoms with Crippen molar-refractivity contribution in [3.8, 4) is 0 Å². The molecule has 13 unspecified atom stereocenters. The quantitative estimate of drug-likeness (QED) is 0.226. The molecule has 0 radical (unpaired) electrons. The molecule has 4 aliphatic carbocycles. The van der Waals surface area contributed by atoms with Crippen molar-refractivity contribution in [3.05, 3.63) is 123 Å². The average Bonchev–Trinajstić information content (AvgIpc) is 3.58. The van der Waals surface area contributed by atoms with Gasteiger partial charge in [0.2, 0.25) is 0 Å². The van der Waals surface area contributed by atoms with Crippen molar-refractivity contribution in [1.82, 2.24) is 0 Å². The van der Waals surface area contributed by atoms with E-state index in [1.807, 2.05) is 7.11 Å². The van der Waals surface area contributed by atoms with Gasteiger partial charge in [0.1, 0.15) is 0 Å². The number of rotatable bonds is 6. The average molecular weight is 795 g/mol. The van der Waals surface area contributed by atoms with Crippen LogP contribution in [-0.4, -0.2) is 13.2 Å². The number of hydrogen-bond donors (Lipinski definition) is 0. The van der Waals surface area contributed by atoms with Crippen LogP contribution in [0.2, 0.25) is 0 Å². The van der Waals surface area contributed by atoms with Crippen LogP contribution in [0.5, 0.6) is 0 Å². The van der Waals surface area contributed by atoms with Crippen LogP contribution >= 0.6 is 17.0 Å². The van der Waals surface area contributed by atoms with Gasteiger partial charge in [-0.05, 0) is 120 Å². The number of fused-ring (bicyclic) bond motifs is 2. The molecule has 0 heterocycles. The van der Waals surface area contributed by atoms with Gasteiger partial charge in [0.05, 0.1) is 6.10 Å². The summed E-state index contributed by atoms with van der Waals surface area (Å²) in [4.78, 5) is 0. The molecular formula is C46H64Cl2OZr. The van der Waals surface area contributed by atoms with Crippen LogP contribution in [0, 0.1) is 73.5 Å². The van der Waals surface area contributed by atoms with Gasteiger partial charge in [-0.3, -0.25) is 0 Å². The van der Waals surface area contributed by atoms with E-state index >= 15 is 0 Å². The summed E-state index contributed by atoms with van der Waals surface area (Å²) in [6, 6.07) is 34.5. The van der Waals surface area contributed by atoms with Crippen LogP contribution in [0.1, 0.15) is 108 Å². The molecule has 13 atom stereocenters. The molecule has 0 spiro atoms. The van der Waals surface area contributed by atoms with Gasteiger partial charge in [0.25, 0.3) is 0 Å². The van der Waals surface area contributed by atoms with E-state index in [1.165, 1.54) is 49.7 Å². The number of ether oxygens (including phenoxy) is 1. The first kappa shape index (κ1) is 41.8. The summed E-state index contributed by atoms with van der Waals surface area (Å²) in [6.45, 7) is 12.8. The molecule has 0 aromatic heterocycles. The fraction of sp³-hybridized carbons (Fsp3) is 0.565. The van der Waals surface area contributed by atoms with Gasteiger partial charge in [-0.25, -0.2) is 0 Å². The molecule has 1 nitrogen and oxygen atoms in total. The summed E-state index contributed by atoms with van der Waals surface area (Å²) in [7, 11) is 11.8. The molecule has 4 saturated carbocycles. The predicted molar refractivity (Wildman–Crippen MR) is 213 cm³/mol. The van der Waals surface area contributed by atoms with Crippen LogP contribution in [-0.2, 0) is 25.6 Å². The molecule has 50 heavy (non-hydrogen) atoms. The molecule has 4 aliphatic rings. The molecule has 4 heteroatoms. The van der Waals surface area contributed by atoms with Gasteiger partial charge in [0, 0.05) is 18.9 Å². The molecule has 272 valence electrons. The molecule has 0 aliphatic heterocycles. The zero-order valence-corrected chi connectivity index (χ0v) is 36.0. The second-order valence-electron chi connectivity index (χ2n) is 17.2. The topological polar surface area (TPSA) is 9.23 Å². The molecule has 0 amide bonds. The van der Waals surface area contributed by atoms with E-state index < -0.39 is 20.8 Å². The summed E-state index contributed by atoms with van der Waals surface area (Å²) >= 11 is -0.826.